The number of benzene rings is 1. The third kappa shape index (κ3) is 3.72. The van der Waals surface area contributed by atoms with Crippen molar-refractivity contribution < 1.29 is 19.0 Å². The Morgan fingerprint density at radius 1 is 1.12 bits per heavy atom. The Kier molecular flexibility index (Phi) is 5.88. The molecule has 3 rings (SSSR count). The standard InChI is InChI=1S/C19H22N2O4S/c1-23-14-10-15(24-2)18(16(11-14)25-3)19-21(17(22)12-26-19)9-6-13-4-7-20-8-5-13/h4-5,7-8,10-11,19H,6,9,12H2,1-3H3. The van der Waals surface area contributed by atoms with Gasteiger partial charge in [-0.2, -0.15) is 0 Å². The highest BCUT2D eigenvalue weighted by Crippen LogP contribution is 2.48. The summed E-state index contributed by atoms with van der Waals surface area (Å²) in [6, 6.07) is 7.58. The van der Waals surface area contributed by atoms with Gasteiger partial charge < -0.3 is 19.1 Å². The Balaban J connectivity index is 1.90. The van der Waals surface area contributed by atoms with Crippen LogP contribution in [0.15, 0.2) is 36.7 Å². The van der Waals surface area contributed by atoms with Gasteiger partial charge in [-0.1, -0.05) is 0 Å². The Morgan fingerprint density at radius 2 is 1.77 bits per heavy atom. The van der Waals surface area contributed by atoms with E-state index in [-0.39, 0.29) is 11.3 Å². The molecule has 0 saturated carbocycles. The summed E-state index contributed by atoms with van der Waals surface area (Å²) in [5.74, 6) is 2.53. The minimum absolute atomic E-state index is 0.119. The van der Waals surface area contributed by atoms with Crippen LogP contribution in [0.4, 0.5) is 0 Å². The molecule has 1 aromatic carbocycles. The average Bonchev–Trinajstić information content (AvgIpc) is 3.05. The average molecular weight is 374 g/mol. The van der Waals surface area contributed by atoms with Crippen LogP contribution >= 0.6 is 11.8 Å². The zero-order valence-electron chi connectivity index (χ0n) is 15.1. The number of nitrogens with zero attached hydrogens (tertiary/aromatic N) is 2. The smallest absolute Gasteiger partial charge is 0.233 e. The lowest BCUT2D eigenvalue weighted by Crippen LogP contribution is -2.30. The summed E-state index contributed by atoms with van der Waals surface area (Å²) in [4.78, 5) is 18.4. The number of carbonyl (C=O) groups is 1. The summed E-state index contributed by atoms with van der Waals surface area (Å²) in [6.45, 7) is 0.624. The van der Waals surface area contributed by atoms with Gasteiger partial charge in [0.15, 0.2) is 0 Å². The lowest BCUT2D eigenvalue weighted by atomic mass is 10.1. The van der Waals surface area contributed by atoms with Crippen molar-refractivity contribution in [3.8, 4) is 17.2 Å². The number of methoxy groups -OCH3 is 3. The van der Waals surface area contributed by atoms with Crippen LogP contribution in [0, 0.1) is 0 Å². The summed E-state index contributed by atoms with van der Waals surface area (Å²) < 4.78 is 16.5. The van der Waals surface area contributed by atoms with Crippen molar-refractivity contribution >= 4 is 17.7 Å². The zero-order valence-corrected chi connectivity index (χ0v) is 15.9. The molecule has 138 valence electrons. The number of pyridine rings is 1. The largest absolute Gasteiger partial charge is 0.496 e. The van der Waals surface area contributed by atoms with Crippen LogP contribution in [-0.2, 0) is 11.2 Å². The Morgan fingerprint density at radius 3 is 2.35 bits per heavy atom. The summed E-state index contributed by atoms with van der Waals surface area (Å²) in [6.07, 6.45) is 4.30. The first-order valence-corrected chi connectivity index (χ1v) is 9.32. The van der Waals surface area contributed by atoms with Gasteiger partial charge in [0.1, 0.15) is 22.6 Å². The third-order valence-corrected chi connectivity index (χ3v) is 5.58. The molecule has 1 atom stereocenters. The normalized spacial score (nSPS) is 16.7. The van der Waals surface area contributed by atoms with Gasteiger partial charge in [-0.15, -0.1) is 11.8 Å². The van der Waals surface area contributed by atoms with E-state index in [4.69, 9.17) is 14.2 Å². The van der Waals surface area contributed by atoms with Crippen LogP contribution in [0.5, 0.6) is 17.2 Å². The maximum Gasteiger partial charge on any atom is 0.233 e. The molecule has 0 aliphatic carbocycles. The lowest BCUT2D eigenvalue weighted by Gasteiger charge is -2.27. The van der Waals surface area contributed by atoms with E-state index >= 15 is 0 Å². The van der Waals surface area contributed by atoms with Gasteiger partial charge in [0.2, 0.25) is 5.91 Å². The topological polar surface area (TPSA) is 60.9 Å². The van der Waals surface area contributed by atoms with Crippen molar-refractivity contribution in [2.45, 2.75) is 11.8 Å². The van der Waals surface area contributed by atoms with E-state index in [0.29, 0.717) is 29.5 Å². The lowest BCUT2D eigenvalue weighted by molar-refractivity contribution is -0.128. The molecule has 1 amide bonds. The van der Waals surface area contributed by atoms with E-state index in [2.05, 4.69) is 4.98 Å². The Labute approximate surface area is 157 Å². The van der Waals surface area contributed by atoms with Gasteiger partial charge in [-0.25, -0.2) is 0 Å². The highest BCUT2D eigenvalue weighted by molar-refractivity contribution is 8.00. The molecule has 7 heteroatoms. The fourth-order valence-electron chi connectivity index (χ4n) is 3.01. The predicted molar refractivity (Wildman–Crippen MR) is 101 cm³/mol. The van der Waals surface area contributed by atoms with E-state index in [9.17, 15) is 4.79 Å². The van der Waals surface area contributed by atoms with E-state index in [1.807, 2.05) is 29.2 Å². The molecule has 1 aromatic heterocycles. The maximum absolute atomic E-state index is 12.5. The quantitative estimate of drug-likeness (QED) is 0.743. The number of ether oxygens (including phenoxy) is 3. The van der Waals surface area contributed by atoms with Crippen molar-refractivity contribution in [2.24, 2.45) is 0 Å². The number of thioether (sulfide) groups is 1. The number of hydrogen-bond donors (Lipinski definition) is 0. The Bertz CT molecular complexity index is 744. The number of hydrogen-bond acceptors (Lipinski definition) is 6. The van der Waals surface area contributed by atoms with Crippen molar-refractivity contribution in [1.82, 2.24) is 9.88 Å². The van der Waals surface area contributed by atoms with Crippen molar-refractivity contribution in [3.63, 3.8) is 0 Å². The van der Waals surface area contributed by atoms with Crippen LogP contribution in [-0.4, -0.2) is 49.4 Å². The highest BCUT2D eigenvalue weighted by Gasteiger charge is 2.36. The van der Waals surface area contributed by atoms with Gasteiger partial charge >= 0.3 is 0 Å². The first kappa shape index (κ1) is 18.4. The molecule has 2 aromatic rings. The van der Waals surface area contributed by atoms with Crippen LogP contribution in [0.2, 0.25) is 0 Å². The number of aromatic nitrogens is 1. The molecule has 0 bridgehead atoms. The molecule has 1 fully saturated rings. The minimum Gasteiger partial charge on any atom is -0.496 e. The summed E-state index contributed by atoms with van der Waals surface area (Å²) >= 11 is 1.58. The molecular weight excluding hydrogens is 352 g/mol. The van der Waals surface area contributed by atoms with Gasteiger partial charge in [0.05, 0.1) is 32.6 Å². The molecule has 2 heterocycles. The number of carbonyl (C=O) groups excluding carboxylic acids is 1. The highest BCUT2D eigenvalue weighted by atomic mass is 32.2. The number of amides is 1. The van der Waals surface area contributed by atoms with Crippen LogP contribution < -0.4 is 14.2 Å². The summed E-state index contributed by atoms with van der Waals surface area (Å²) in [5.41, 5.74) is 2.01. The van der Waals surface area contributed by atoms with Crippen LogP contribution in [0.25, 0.3) is 0 Å². The second-order valence-corrected chi connectivity index (χ2v) is 6.87. The molecule has 1 saturated heterocycles. The molecule has 1 unspecified atom stereocenters. The zero-order chi connectivity index (χ0) is 18.5. The monoisotopic (exact) mass is 374 g/mol. The van der Waals surface area contributed by atoms with E-state index in [1.54, 1.807) is 45.5 Å². The first-order chi connectivity index (χ1) is 12.7. The summed E-state index contributed by atoms with van der Waals surface area (Å²) in [7, 11) is 4.82. The fourth-order valence-corrected chi connectivity index (χ4v) is 4.28. The van der Waals surface area contributed by atoms with Crippen molar-refractivity contribution in [1.29, 1.82) is 0 Å². The van der Waals surface area contributed by atoms with Gasteiger partial charge in [-0.3, -0.25) is 9.78 Å². The van der Waals surface area contributed by atoms with Gasteiger partial charge in [0, 0.05) is 31.1 Å². The molecule has 0 N–H and O–H groups in total. The molecule has 1 aliphatic rings. The van der Waals surface area contributed by atoms with E-state index < -0.39 is 0 Å². The van der Waals surface area contributed by atoms with Crippen molar-refractivity contribution in [3.05, 3.63) is 47.8 Å². The number of rotatable bonds is 7. The fraction of sp³-hybridized carbons (Fsp3) is 0.368. The first-order valence-electron chi connectivity index (χ1n) is 8.27. The second-order valence-electron chi connectivity index (χ2n) is 5.80. The summed E-state index contributed by atoms with van der Waals surface area (Å²) in [5, 5.41) is -0.153. The molecule has 0 spiro atoms. The third-order valence-electron chi connectivity index (χ3n) is 4.36. The molecule has 1 aliphatic heterocycles. The van der Waals surface area contributed by atoms with E-state index in [0.717, 1.165) is 17.5 Å². The van der Waals surface area contributed by atoms with Crippen LogP contribution in [0.3, 0.4) is 0 Å². The van der Waals surface area contributed by atoms with Crippen LogP contribution in [0.1, 0.15) is 16.5 Å². The SMILES string of the molecule is COc1cc(OC)c(C2SCC(=O)N2CCc2ccncc2)c(OC)c1. The van der Waals surface area contributed by atoms with Gasteiger partial charge in [0.25, 0.3) is 0 Å². The minimum atomic E-state index is -0.153. The predicted octanol–water partition coefficient (Wildman–Crippen LogP) is 2.92. The molecular formula is C19H22N2O4S. The molecule has 0 radical (unpaired) electrons. The van der Waals surface area contributed by atoms with Crippen molar-refractivity contribution in [2.75, 3.05) is 33.6 Å². The maximum atomic E-state index is 12.5. The molecule has 6 nitrogen and oxygen atoms in total. The Hall–Kier alpha value is -2.41. The molecule has 26 heavy (non-hydrogen) atoms. The van der Waals surface area contributed by atoms with E-state index in [1.165, 1.54) is 0 Å². The van der Waals surface area contributed by atoms with Gasteiger partial charge in [-0.05, 0) is 24.1 Å². The second kappa shape index (κ2) is 8.31.